The molecule has 3 aliphatic rings. The van der Waals surface area contributed by atoms with E-state index in [2.05, 4.69) is 36.2 Å². The molecule has 0 bridgehead atoms. The number of hydrogen-bond acceptors (Lipinski definition) is 10. The number of nitrogens with one attached hydrogen (secondary N) is 4. The van der Waals surface area contributed by atoms with Crippen LogP contribution in [-0.4, -0.2) is 112 Å². The van der Waals surface area contributed by atoms with Gasteiger partial charge in [-0.2, -0.15) is 4.98 Å². The third-order valence-electron chi connectivity index (χ3n) is 11.7. The molecule has 2 fully saturated rings. The summed E-state index contributed by atoms with van der Waals surface area (Å²) in [5, 5.41) is 11.9. The quantitative estimate of drug-likeness (QED) is 0.182. The van der Waals surface area contributed by atoms with Crippen LogP contribution in [0.3, 0.4) is 0 Å². The molecule has 3 atom stereocenters. The number of fused-ring (bicyclic) bond motifs is 1. The zero-order valence-corrected chi connectivity index (χ0v) is 36.7. The Bertz CT molecular complexity index is 2170. The predicted molar refractivity (Wildman–Crippen MR) is 231 cm³/mol. The summed E-state index contributed by atoms with van der Waals surface area (Å²) in [5.41, 5.74) is 2.64. The van der Waals surface area contributed by atoms with Crippen LogP contribution in [0.1, 0.15) is 93.4 Å². The maximum Gasteiger partial charge on any atom is 0.330 e. The molecule has 2 unspecified atom stereocenters. The fourth-order valence-corrected chi connectivity index (χ4v) is 8.05. The monoisotopic (exact) mass is 837 g/mol. The minimum atomic E-state index is -1.18. The van der Waals surface area contributed by atoms with E-state index in [0.717, 1.165) is 17.7 Å². The molecule has 0 spiro atoms. The van der Waals surface area contributed by atoms with Crippen LogP contribution in [0.25, 0.3) is 0 Å². The number of benzene rings is 1. The largest absolute Gasteiger partial charge is 0.347 e. The van der Waals surface area contributed by atoms with Crippen molar-refractivity contribution in [3.8, 4) is 0 Å². The summed E-state index contributed by atoms with van der Waals surface area (Å²) in [6, 6.07) is 5.90. The number of carbonyl (C=O) groups excluding carboxylic acids is 6. The molecule has 1 saturated heterocycles. The zero-order valence-electron chi connectivity index (χ0n) is 36.7. The Morgan fingerprint density at radius 2 is 1.69 bits per heavy atom. The van der Waals surface area contributed by atoms with Gasteiger partial charge in [0.2, 0.25) is 29.6 Å². The van der Waals surface area contributed by atoms with Gasteiger partial charge in [-0.05, 0) is 94.0 Å². The molecule has 17 heteroatoms. The summed E-state index contributed by atoms with van der Waals surface area (Å²) in [6.07, 6.45) is 6.35. The molecule has 3 aromatic rings. The first-order valence-electron chi connectivity index (χ1n) is 21.1. The second-order valence-corrected chi connectivity index (χ2v) is 17.5. The van der Waals surface area contributed by atoms with Crippen molar-refractivity contribution < 1.29 is 28.8 Å². The van der Waals surface area contributed by atoms with Crippen LogP contribution in [0.4, 0.5) is 27.9 Å². The van der Waals surface area contributed by atoms with Gasteiger partial charge in [-0.15, -0.1) is 0 Å². The summed E-state index contributed by atoms with van der Waals surface area (Å²) in [7, 11) is 4.92. The van der Waals surface area contributed by atoms with Gasteiger partial charge in [0.05, 0.1) is 18.4 Å². The predicted octanol–water partition coefficient (Wildman–Crippen LogP) is 4.21. The zero-order chi connectivity index (χ0) is 44.3. The smallest absolute Gasteiger partial charge is 0.330 e. The van der Waals surface area contributed by atoms with Gasteiger partial charge >= 0.3 is 6.03 Å². The summed E-state index contributed by atoms with van der Waals surface area (Å²) < 4.78 is 0. The van der Waals surface area contributed by atoms with Gasteiger partial charge in [-0.1, -0.05) is 33.8 Å². The van der Waals surface area contributed by atoms with Crippen molar-refractivity contribution in [2.75, 3.05) is 42.8 Å². The van der Waals surface area contributed by atoms with Crippen LogP contribution in [0.5, 0.6) is 0 Å². The normalized spacial score (nSPS) is 17.9. The lowest BCUT2D eigenvalue weighted by atomic mass is 9.75. The third-order valence-corrected chi connectivity index (χ3v) is 11.7. The summed E-state index contributed by atoms with van der Waals surface area (Å²) in [6.45, 7) is 11.8. The number of likely N-dealkylation sites (tertiary alicyclic amines) is 1. The molecule has 1 aromatic carbocycles. The van der Waals surface area contributed by atoms with Gasteiger partial charge in [-0.25, -0.2) is 9.78 Å². The molecule has 1 aliphatic carbocycles. The Morgan fingerprint density at radius 1 is 0.951 bits per heavy atom. The maximum atomic E-state index is 14.3. The molecular formula is C44H59N11O6. The highest BCUT2D eigenvalue weighted by Crippen LogP contribution is 2.35. The Hall–Kier alpha value is -6.13. The number of urea groups is 1. The molecule has 7 amide bonds. The molecule has 0 radical (unpaired) electrons. The average Bonchev–Trinajstić information content (AvgIpc) is 3.70. The number of amides is 7. The van der Waals surface area contributed by atoms with Crippen molar-refractivity contribution in [1.82, 2.24) is 40.7 Å². The highest BCUT2D eigenvalue weighted by atomic mass is 16.2. The maximum absolute atomic E-state index is 14.3. The van der Waals surface area contributed by atoms with Crippen molar-refractivity contribution in [2.24, 2.45) is 11.8 Å². The molecular weight excluding hydrogens is 779 g/mol. The molecule has 326 valence electrons. The Labute approximate surface area is 357 Å². The molecule has 1 saturated carbocycles. The average molecular weight is 838 g/mol. The van der Waals surface area contributed by atoms with E-state index in [-0.39, 0.29) is 35.9 Å². The van der Waals surface area contributed by atoms with E-state index in [9.17, 15) is 28.8 Å². The minimum absolute atomic E-state index is 0.150. The first-order valence-corrected chi connectivity index (χ1v) is 21.1. The summed E-state index contributed by atoms with van der Waals surface area (Å²) in [4.78, 5) is 102. The second kappa shape index (κ2) is 18.2. The van der Waals surface area contributed by atoms with Gasteiger partial charge in [0.15, 0.2) is 0 Å². The molecule has 2 aromatic heterocycles. The molecule has 6 rings (SSSR count). The Kier molecular flexibility index (Phi) is 13.3. The van der Waals surface area contributed by atoms with Crippen molar-refractivity contribution >= 4 is 58.7 Å². The number of aromatic nitrogens is 3. The fourth-order valence-electron chi connectivity index (χ4n) is 8.05. The van der Waals surface area contributed by atoms with E-state index in [1.807, 2.05) is 53.7 Å². The Morgan fingerprint density at radius 3 is 2.31 bits per heavy atom. The molecule has 2 aliphatic heterocycles. The van der Waals surface area contributed by atoms with Gasteiger partial charge in [0, 0.05) is 56.4 Å². The highest BCUT2D eigenvalue weighted by molar-refractivity contribution is 6.07. The lowest BCUT2D eigenvalue weighted by Crippen LogP contribution is -2.67. The van der Waals surface area contributed by atoms with Crippen molar-refractivity contribution in [2.45, 2.75) is 110 Å². The summed E-state index contributed by atoms with van der Waals surface area (Å²) in [5.74, 6) is -1.37. The van der Waals surface area contributed by atoms with E-state index in [4.69, 9.17) is 0 Å². The van der Waals surface area contributed by atoms with Crippen LogP contribution in [0.15, 0.2) is 42.7 Å². The molecule has 17 nitrogen and oxygen atoms in total. The van der Waals surface area contributed by atoms with Crippen molar-refractivity contribution in [1.29, 1.82) is 0 Å². The fraction of sp³-hybridized carbons (Fsp3) is 0.523. The highest BCUT2D eigenvalue weighted by Gasteiger charge is 2.49. The van der Waals surface area contributed by atoms with Crippen LogP contribution in [-0.2, 0) is 25.7 Å². The van der Waals surface area contributed by atoms with Gasteiger partial charge in [0.1, 0.15) is 29.5 Å². The first kappa shape index (κ1) is 44.4. The van der Waals surface area contributed by atoms with E-state index in [0.29, 0.717) is 67.4 Å². The lowest BCUT2D eigenvalue weighted by molar-refractivity contribution is -0.145. The Balaban J connectivity index is 1.14. The number of anilines is 4. The van der Waals surface area contributed by atoms with Crippen LogP contribution >= 0.6 is 0 Å². The summed E-state index contributed by atoms with van der Waals surface area (Å²) >= 11 is 0. The number of nitrogens with zero attached hydrogens (tertiary/aromatic N) is 7. The van der Waals surface area contributed by atoms with Crippen molar-refractivity contribution in [3.05, 3.63) is 65.1 Å². The topological polar surface area (TPSA) is 202 Å². The standard InChI is InChI=1S/C44H59N11O6/c1-25(2)20-32(39(58)52(7)8)48-41(60)44(17-11-18-44)51-38(57)33-12-10-19-54(33)40(59)35(26(3)4)49-37(56)29-15-13-27(5)34(21-29)55-24-30-22-46-42(50-36(30)53(9)43(55)61)47-31-16-14-28(6)45-23-31/h13-16,21-23,25-26,32-33,35H,10-12,17-20,24H2,1-9H3,(H,48,60)(H,49,56)(H,51,57)(H,46,47,50)/t32?,33-,35?/m0/s1. The van der Waals surface area contributed by atoms with Crippen LogP contribution < -0.4 is 31.1 Å². The molecule has 4 N–H and O–H groups in total. The van der Waals surface area contributed by atoms with Gasteiger partial charge in [0.25, 0.3) is 5.91 Å². The molecule has 4 heterocycles. The number of carbonyl (C=O) groups is 6. The third kappa shape index (κ3) is 9.60. The minimum Gasteiger partial charge on any atom is -0.347 e. The van der Waals surface area contributed by atoms with E-state index in [1.54, 1.807) is 56.6 Å². The van der Waals surface area contributed by atoms with Crippen molar-refractivity contribution in [3.63, 3.8) is 0 Å². The number of hydrogen-bond donors (Lipinski definition) is 4. The number of aryl methyl sites for hydroxylation is 2. The second-order valence-electron chi connectivity index (χ2n) is 17.5. The number of likely N-dealkylation sites (N-methyl/N-ethyl adjacent to an activating group) is 1. The van der Waals surface area contributed by atoms with Crippen LogP contribution in [0, 0.1) is 25.7 Å². The molecule has 61 heavy (non-hydrogen) atoms. The van der Waals surface area contributed by atoms with E-state index < -0.39 is 47.3 Å². The SMILES string of the molecule is Cc1ccc(Nc2ncc3c(n2)N(C)C(=O)N(c2cc(C(=O)NC(C(=O)N4CCC[C@H]4C(=O)NC4(C(=O)NC(CC(C)C)C(=O)N(C)C)CCC4)C(C)C)ccc2C)C3)cn1. The van der Waals surface area contributed by atoms with Gasteiger partial charge in [-0.3, -0.25) is 38.8 Å². The van der Waals surface area contributed by atoms with E-state index in [1.165, 1.54) is 14.7 Å². The van der Waals surface area contributed by atoms with E-state index >= 15 is 0 Å². The van der Waals surface area contributed by atoms with Gasteiger partial charge < -0.3 is 31.1 Å². The number of rotatable bonds is 14. The van der Waals surface area contributed by atoms with Crippen LogP contribution in [0.2, 0.25) is 0 Å². The lowest BCUT2D eigenvalue weighted by Gasteiger charge is -2.43. The first-order chi connectivity index (χ1) is 28.9. The number of pyridine rings is 1.